The minimum Gasteiger partial charge on any atom is -0.476 e. The zero-order chi connectivity index (χ0) is 21.6. The highest BCUT2D eigenvalue weighted by atomic mass is 16.4. The van der Waals surface area contributed by atoms with Crippen molar-refractivity contribution in [3.05, 3.63) is 101 Å². The van der Waals surface area contributed by atoms with Crippen molar-refractivity contribution in [1.29, 1.82) is 0 Å². The molecule has 0 bridgehead atoms. The Hall–Kier alpha value is -3.80. The van der Waals surface area contributed by atoms with Crippen LogP contribution in [-0.4, -0.2) is 30.8 Å². The van der Waals surface area contributed by atoms with Crippen LogP contribution >= 0.6 is 0 Å². The third-order valence-electron chi connectivity index (χ3n) is 5.07. The van der Waals surface area contributed by atoms with Crippen molar-refractivity contribution < 1.29 is 9.90 Å². The zero-order valence-corrected chi connectivity index (χ0v) is 17.4. The summed E-state index contributed by atoms with van der Waals surface area (Å²) in [6, 6.07) is 21.6. The first-order valence-electron chi connectivity index (χ1n) is 10.4. The highest BCUT2D eigenvalue weighted by Crippen LogP contribution is 2.23. The van der Waals surface area contributed by atoms with Crippen LogP contribution in [0.5, 0.6) is 0 Å². The van der Waals surface area contributed by atoms with Crippen LogP contribution in [-0.2, 0) is 19.4 Å². The molecule has 2 aromatic carbocycles. The Morgan fingerprint density at radius 3 is 2.39 bits per heavy atom. The van der Waals surface area contributed by atoms with E-state index in [1.165, 1.54) is 11.8 Å². The van der Waals surface area contributed by atoms with Gasteiger partial charge in [-0.05, 0) is 29.2 Å². The molecule has 156 valence electrons. The molecule has 0 amide bonds. The predicted molar refractivity (Wildman–Crippen MR) is 119 cm³/mol. The summed E-state index contributed by atoms with van der Waals surface area (Å²) in [6.45, 7) is 2.96. The molecule has 0 atom stereocenters. The number of benzene rings is 2. The molecule has 1 N–H and O–H groups in total. The van der Waals surface area contributed by atoms with E-state index in [0.29, 0.717) is 18.4 Å². The second-order valence-corrected chi connectivity index (χ2v) is 7.41. The van der Waals surface area contributed by atoms with Gasteiger partial charge in [-0.1, -0.05) is 67.6 Å². The van der Waals surface area contributed by atoms with Crippen LogP contribution in [0.15, 0.2) is 72.9 Å². The number of rotatable bonds is 8. The van der Waals surface area contributed by atoms with Crippen LogP contribution in [0.3, 0.4) is 0 Å². The van der Waals surface area contributed by atoms with Gasteiger partial charge in [0.15, 0.2) is 11.5 Å². The van der Waals surface area contributed by atoms with E-state index in [4.69, 9.17) is 10.1 Å². The van der Waals surface area contributed by atoms with Crippen molar-refractivity contribution in [2.75, 3.05) is 0 Å². The van der Waals surface area contributed by atoms with E-state index >= 15 is 0 Å². The van der Waals surface area contributed by atoms with Gasteiger partial charge in [0.25, 0.3) is 0 Å². The summed E-state index contributed by atoms with van der Waals surface area (Å²) < 4.78 is 2.00. The maximum absolute atomic E-state index is 11.5. The molecule has 2 aromatic heterocycles. The minimum atomic E-state index is -1.03. The molecule has 6 nitrogen and oxygen atoms in total. The van der Waals surface area contributed by atoms with E-state index in [2.05, 4.69) is 24.0 Å². The first-order chi connectivity index (χ1) is 15.1. The smallest absolute Gasteiger partial charge is 0.355 e. The number of hydrogen-bond acceptors (Lipinski definition) is 4. The van der Waals surface area contributed by atoms with E-state index in [1.807, 2.05) is 47.1 Å². The Morgan fingerprint density at radius 2 is 1.68 bits per heavy atom. The predicted octanol–water partition coefficient (Wildman–Crippen LogP) is 4.63. The second kappa shape index (κ2) is 9.34. The van der Waals surface area contributed by atoms with Gasteiger partial charge in [-0.3, -0.25) is 0 Å². The van der Waals surface area contributed by atoms with Crippen LogP contribution in [0.2, 0.25) is 0 Å². The lowest BCUT2D eigenvalue weighted by Gasteiger charge is -2.07. The van der Waals surface area contributed by atoms with Crippen LogP contribution in [0.1, 0.15) is 46.6 Å². The number of pyridine rings is 1. The largest absolute Gasteiger partial charge is 0.476 e. The first kappa shape index (κ1) is 20.5. The number of aromatic carboxylic acids is 1. The Kier molecular flexibility index (Phi) is 6.17. The highest BCUT2D eigenvalue weighted by Gasteiger charge is 2.14. The Balaban J connectivity index is 1.56. The van der Waals surface area contributed by atoms with Crippen molar-refractivity contribution in [3.8, 4) is 11.1 Å². The van der Waals surface area contributed by atoms with Gasteiger partial charge in [-0.25, -0.2) is 19.4 Å². The van der Waals surface area contributed by atoms with E-state index in [-0.39, 0.29) is 5.69 Å². The molecule has 4 aromatic rings. The molecule has 6 heteroatoms. The summed E-state index contributed by atoms with van der Waals surface area (Å²) in [6.07, 6.45) is 3.86. The van der Waals surface area contributed by atoms with Crippen LogP contribution < -0.4 is 0 Å². The van der Waals surface area contributed by atoms with E-state index in [9.17, 15) is 9.90 Å². The van der Waals surface area contributed by atoms with Gasteiger partial charge in [0.2, 0.25) is 0 Å². The van der Waals surface area contributed by atoms with E-state index < -0.39 is 5.97 Å². The number of aryl methyl sites for hydroxylation is 1. The number of nitrogens with zero attached hydrogens (tertiary/aromatic N) is 4. The molecule has 0 aliphatic carbocycles. The fourth-order valence-electron chi connectivity index (χ4n) is 3.59. The van der Waals surface area contributed by atoms with Crippen molar-refractivity contribution >= 4 is 5.97 Å². The molecule has 0 saturated heterocycles. The molecule has 0 aliphatic heterocycles. The summed E-state index contributed by atoms with van der Waals surface area (Å²) >= 11 is 0. The molecule has 0 unspecified atom stereocenters. The van der Waals surface area contributed by atoms with Crippen molar-refractivity contribution in [3.63, 3.8) is 0 Å². The van der Waals surface area contributed by atoms with Crippen LogP contribution in [0.25, 0.3) is 11.1 Å². The Morgan fingerprint density at radius 1 is 0.935 bits per heavy atom. The third-order valence-corrected chi connectivity index (χ3v) is 5.07. The standard InChI is InChI=1S/C25H24N4O2/c1-2-15-29-23(27-22(28-29)16-18-7-4-3-5-8-18)17-19-10-12-20(13-11-19)21-9-6-14-26-24(21)25(30)31/h3-14H,2,15-17H2,1H3,(H,30,31). The van der Waals surface area contributed by atoms with Gasteiger partial charge in [-0.2, -0.15) is 5.10 Å². The summed E-state index contributed by atoms with van der Waals surface area (Å²) in [5.41, 5.74) is 3.79. The van der Waals surface area contributed by atoms with Gasteiger partial charge in [0.05, 0.1) is 0 Å². The van der Waals surface area contributed by atoms with Gasteiger partial charge in [0, 0.05) is 31.1 Å². The van der Waals surface area contributed by atoms with Crippen molar-refractivity contribution in [2.45, 2.75) is 32.7 Å². The normalized spacial score (nSPS) is 10.9. The van der Waals surface area contributed by atoms with E-state index in [1.54, 1.807) is 12.1 Å². The maximum Gasteiger partial charge on any atom is 0.355 e. The summed E-state index contributed by atoms with van der Waals surface area (Å²) in [5.74, 6) is 0.735. The summed E-state index contributed by atoms with van der Waals surface area (Å²) in [4.78, 5) is 20.2. The quantitative estimate of drug-likeness (QED) is 0.456. The zero-order valence-electron chi connectivity index (χ0n) is 17.4. The number of hydrogen-bond donors (Lipinski definition) is 1. The summed E-state index contributed by atoms with van der Waals surface area (Å²) in [5, 5.41) is 14.1. The van der Waals surface area contributed by atoms with Gasteiger partial charge in [0.1, 0.15) is 5.82 Å². The number of carboxylic acids is 1. The average Bonchev–Trinajstić information content (AvgIpc) is 3.16. The molecule has 2 heterocycles. The molecule has 4 rings (SSSR count). The number of carbonyl (C=O) groups is 1. The lowest BCUT2D eigenvalue weighted by molar-refractivity contribution is 0.0691. The van der Waals surface area contributed by atoms with E-state index in [0.717, 1.165) is 35.7 Å². The lowest BCUT2D eigenvalue weighted by Crippen LogP contribution is -2.06. The molecular weight excluding hydrogens is 388 g/mol. The van der Waals surface area contributed by atoms with Gasteiger partial charge < -0.3 is 5.11 Å². The van der Waals surface area contributed by atoms with Crippen LogP contribution in [0.4, 0.5) is 0 Å². The topological polar surface area (TPSA) is 80.9 Å². The Labute approximate surface area is 181 Å². The highest BCUT2D eigenvalue weighted by molar-refractivity contribution is 5.93. The summed E-state index contributed by atoms with van der Waals surface area (Å²) in [7, 11) is 0. The van der Waals surface area contributed by atoms with Crippen molar-refractivity contribution in [1.82, 2.24) is 19.7 Å². The Bertz CT molecular complexity index is 1170. The molecular formula is C25H24N4O2. The fraction of sp³-hybridized carbons (Fsp3) is 0.200. The fourth-order valence-corrected chi connectivity index (χ4v) is 3.59. The molecule has 0 fully saturated rings. The van der Waals surface area contributed by atoms with Gasteiger partial charge in [-0.15, -0.1) is 0 Å². The molecule has 0 saturated carbocycles. The lowest BCUT2D eigenvalue weighted by atomic mass is 10.0. The molecule has 31 heavy (non-hydrogen) atoms. The van der Waals surface area contributed by atoms with Crippen molar-refractivity contribution in [2.24, 2.45) is 0 Å². The molecule has 0 aliphatic rings. The monoisotopic (exact) mass is 412 g/mol. The van der Waals surface area contributed by atoms with Crippen LogP contribution in [0, 0.1) is 0 Å². The third kappa shape index (κ3) is 4.86. The number of aromatic nitrogens is 4. The number of carboxylic acid groups (broad SMARTS) is 1. The minimum absolute atomic E-state index is 0.0588. The average molecular weight is 412 g/mol. The maximum atomic E-state index is 11.5. The SMILES string of the molecule is CCCn1nc(Cc2ccccc2)nc1Cc1ccc(-c2cccnc2C(=O)O)cc1. The molecule has 0 spiro atoms. The van der Waals surface area contributed by atoms with Gasteiger partial charge >= 0.3 is 5.97 Å². The second-order valence-electron chi connectivity index (χ2n) is 7.41. The molecule has 0 radical (unpaired) electrons. The first-order valence-corrected chi connectivity index (χ1v) is 10.4.